The molecule has 0 aliphatic carbocycles. The molecule has 0 saturated carbocycles. The maximum atomic E-state index is 12.4. The molecule has 7 nitrogen and oxygen atoms in total. The maximum Gasteiger partial charge on any atom is 0.251 e. The zero-order valence-corrected chi connectivity index (χ0v) is 18.4. The van der Waals surface area contributed by atoms with Crippen LogP contribution >= 0.6 is 0 Å². The van der Waals surface area contributed by atoms with Crippen molar-refractivity contribution in [3.63, 3.8) is 0 Å². The molecular weight excluding hydrogens is 428 g/mol. The van der Waals surface area contributed by atoms with Gasteiger partial charge in [0.1, 0.15) is 11.5 Å². The largest absolute Gasteiger partial charge is 0.497 e. The van der Waals surface area contributed by atoms with Crippen LogP contribution in [0, 0.1) is 0 Å². The van der Waals surface area contributed by atoms with E-state index in [1.165, 1.54) is 0 Å². The maximum absolute atomic E-state index is 12.4. The Morgan fingerprint density at radius 3 is 2.09 bits per heavy atom. The van der Waals surface area contributed by atoms with E-state index in [-0.39, 0.29) is 11.7 Å². The topological polar surface area (TPSA) is 102 Å². The number of nitrogens with one attached hydrogen (secondary N) is 2. The lowest BCUT2D eigenvalue weighted by atomic mass is 10.1. The number of sulfone groups is 1. The van der Waals surface area contributed by atoms with E-state index in [1.54, 1.807) is 61.7 Å². The number of anilines is 1. The van der Waals surface area contributed by atoms with E-state index in [0.29, 0.717) is 23.4 Å². The van der Waals surface area contributed by atoms with Crippen molar-refractivity contribution in [2.24, 2.45) is 0 Å². The van der Waals surface area contributed by atoms with Gasteiger partial charge < -0.3 is 15.4 Å². The van der Waals surface area contributed by atoms with E-state index in [0.717, 1.165) is 11.3 Å². The number of carbonyl (C=O) groups excluding carboxylic acids is 2. The normalized spacial score (nSPS) is 10.9. The Morgan fingerprint density at radius 2 is 1.47 bits per heavy atom. The molecule has 2 amide bonds. The predicted octanol–water partition coefficient (Wildman–Crippen LogP) is 3.18. The van der Waals surface area contributed by atoms with Gasteiger partial charge in [-0.25, -0.2) is 8.42 Å². The van der Waals surface area contributed by atoms with Gasteiger partial charge in [0.2, 0.25) is 5.91 Å². The average molecular weight is 453 g/mol. The Kier molecular flexibility index (Phi) is 7.62. The summed E-state index contributed by atoms with van der Waals surface area (Å²) in [6, 6.07) is 22.3. The molecule has 0 unspecified atom stereocenters. The first-order valence-electron chi connectivity index (χ1n) is 9.90. The summed E-state index contributed by atoms with van der Waals surface area (Å²) >= 11 is 0. The summed E-state index contributed by atoms with van der Waals surface area (Å²) in [6.45, 7) is 0.357. The minimum Gasteiger partial charge on any atom is -0.497 e. The number of carbonyl (C=O) groups is 2. The lowest BCUT2D eigenvalue weighted by Crippen LogP contribution is -2.24. The minimum atomic E-state index is -3.66. The molecule has 3 aromatic carbocycles. The first kappa shape index (κ1) is 23.0. The molecule has 0 aliphatic rings. The Balaban J connectivity index is 1.52. The van der Waals surface area contributed by atoms with E-state index in [2.05, 4.69) is 10.6 Å². The molecule has 3 rings (SSSR count). The molecule has 3 aromatic rings. The van der Waals surface area contributed by atoms with Crippen LogP contribution in [-0.2, 0) is 26.9 Å². The first-order valence-corrected chi connectivity index (χ1v) is 11.7. The highest BCUT2D eigenvalue weighted by molar-refractivity contribution is 7.91. The monoisotopic (exact) mass is 452 g/mol. The van der Waals surface area contributed by atoms with Crippen LogP contribution < -0.4 is 15.4 Å². The van der Waals surface area contributed by atoms with Gasteiger partial charge >= 0.3 is 0 Å². The van der Waals surface area contributed by atoms with Crippen molar-refractivity contribution in [2.45, 2.75) is 12.3 Å². The van der Waals surface area contributed by atoms with Crippen molar-refractivity contribution < 1.29 is 22.7 Å². The molecule has 0 aliphatic heterocycles. The lowest BCUT2D eigenvalue weighted by molar-refractivity contribution is -0.113. The van der Waals surface area contributed by atoms with Crippen molar-refractivity contribution >= 4 is 27.3 Å². The van der Waals surface area contributed by atoms with Gasteiger partial charge in [-0.3, -0.25) is 9.59 Å². The second kappa shape index (κ2) is 10.6. The number of benzene rings is 3. The van der Waals surface area contributed by atoms with Crippen LogP contribution in [0.5, 0.6) is 5.75 Å². The van der Waals surface area contributed by atoms with Crippen LogP contribution in [0.2, 0.25) is 0 Å². The van der Waals surface area contributed by atoms with Crippen LogP contribution in [-0.4, -0.2) is 33.1 Å². The molecule has 0 heterocycles. The van der Waals surface area contributed by atoms with Crippen LogP contribution in [0.1, 0.15) is 21.5 Å². The van der Waals surface area contributed by atoms with E-state index >= 15 is 0 Å². The van der Waals surface area contributed by atoms with Gasteiger partial charge in [-0.05, 0) is 47.5 Å². The second-order valence-electron chi connectivity index (χ2n) is 7.17. The summed E-state index contributed by atoms with van der Waals surface area (Å²) in [4.78, 5) is 24.4. The van der Waals surface area contributed by atoms with Crippen LogP contribution in [0.25, 0.3) is 0 Å². The molecule has 166 valence electrons. The van der Waals surface area contributed by atoms with E-state index in [1.807, 2.05) is 24.3 Å². The second-order valence-corrected chi connectivity index (χ2v) is 9.24. The predicted molar refractivity (Wildman–Crippen MR) is 123 cm³/mol. The molecule has 8 heteroatoms. The molecule has 0 radical (unpaired) electrons. The fourth-order valence-electron chi connectivity index (χ4n) is 3.00. The van der Waals surface area contributed by atoms with Crippen molar-refractivity contribution in [3.05, 3.63) is 95.6 Å². The molecule has 0 spiro atoms. The van der Waals surface area contributed by atoms with Crippen LogP contribution in [0.4, 0.5) is 5.69 Å². The highest BCUT2D eigenvalue weighted by Crippen LogP contribution is 2.13. The first-order chi connectivity index (χ1) is 15.3. The molecule has 0 saturated heterocycles. The number of hydrogen-bond donors (Lipinski definition) is 2. The molecule has 0 fully saturated rings. The van der Waals surface area contributed by atoms with Crippen molar-refractivity contribution in [3.8, 4) is 5.75 Å². The SMILES string of the molecule is COc1ccc(CNC(=O)c2ccc(CS(=O)(=O)CC(=O)Nc3ccccc3)cc2)cc1. The number of rotatable bonds is 9. The molecule has 2 N–H and O–H groups in total. The minimum absolute atomic E-state index is 0.266. The lowest BCUT2D eigenvalue weighted by Gasteiger charge is -2.08. The molecule has 32 heavy (non-hydrogen) atoms. The van der Waals surface area contributed by atoms with Gasteiger partial charge in [0.05, 0.1) is 12.9 Å². The number of para-hydroxylation sites is 1. The molecule has 0 bridgehead atoms. The Hall–Kier alpha value is -3.65. The van der Waals surface area contributed by atoms with Gasteiger partial charge in [0.15, 0.2) is 9.84 Å². The van der Waals surface area contributed by atoms with E-state index in [4.69, 9.17) is 4.74 Å². The van der Waals surface area contributed by atoms with Gasteiger partial charge in [-0.2, -0.15) is 0 Å². The highest BCUT2D eigenvalue weighted by atomic mass is 32.2. The molecule has 0 aromatic heterocycles. The number of amides is 2. The third kappa shape index (κ3) is 6.95. The summed E-state index contributed by atoms with van der Waals surface area (Å²) in [5, 5.41) is 5.38. The van der Waals surface area contributed by atoms with Gasteiger partial charge in [-0.1, -0.05) is 42.5 Å². The Bertz CT molecular complexity index is 1160. The Labute approximate surface area is 187 Å². The van der Waals surface area contributed by atoms with Crippen molar-refractivity contribution in [2.75, 3.05) is 18.2 Å². The Morgan fingerprint density at radius 1 is 0.844 bits per heavy atom. The fraction of sp³-hybridized carbons (Fsp3) is 0.167. The van der Waals surface area contributed by atoms with Gasteiger partial charge in [0.25, 0.3) is 5.91 Å². The van der Waals surface area contributed by atoms with Crippen LogP contribution in [0.15, 0.2) is 78.9 Å². The quantitative estimate of drug-likeness (QED) is 0.519. The van der Waals surface area contributed by atoms with Gasteiger partial charge in [0, 0.05) is 17.8 Å². The number of hydrogen-bond acceptors (Lipinski definition) is 5. The number of methoxy groups -OCH3 is 1. The summed E-state index contributed by atoms with van der Waals surface area (Å²) in [6.07, 6.45) is 0. The third-order valence-electron chi connectivity index (χ3n) is 4.62. The van der Waals surface area contributed by atoms with E-state index < -0.39 is 21.5 Å². The smallest absolute Gasteiger partial charge is 0.251 e. The summed E-state index contributed by atoms with van der Waals surface area (Å²) in [7, 11) is -2.07. The van der Waals surface area contributed by atoms with Gasteiger partial charge in [-0.15, -0.1) is 0 Å². The third-order valence-corrected chi connectivity index (χ3v) is 6.10. The van der Waals surface area contributed by atoms with Crippen molar-refractivity contribution in [1.82, 2.24) is 5.32 Å². The summed E-state index contributed by atoms with van der Waals surface area (Å²) < 4.78 is 29.9. The standard InChI is InChI=1S/C24H24N2O5S/c1-31-22-13-9-18(10-14-22)15-25-24(28)20-11-7-19(8-12-20)16-32(29,30)17-23(27)26-21-5-3-2-4-6-21/h2-14H,15-17H2,1H3,(H,25,28)(H,26,27). The van der Waals surface area contributed by atoms with Crippen molar-refractivity contribution in [1.29, 1.82) is 0 Å². The van der Waals surface area contributed by atoms with E-state index in [9.17, 15) is 18.0 Å². The fourth-order valence-corrected chi connectivity index (χ4v) is 4.28. The molecule has 0 atom stereocenters. The number of ether oxygens (including phenoxy) is 1. The molecular formula is C24H24N2O5S. The zero-order valence-electron chi connectivity index (χ0n) is 17.6. The summed E-state index contributed by atoms with van der Waals surface area (Å²) in [5.41, 5.74) is 2.39. The highest BCUT2D eigenvalue weighted by Gasteiger charge is 2.18. The summed E-state index contributed by atoms with van der Waals surface area (Å²) in [5.74, 6) is -1.03. The van der Waals surface area contributed by atoms with Crippen LogP contribution in [0.3, 0.4) is 0 Å². The average Bonchev–Trinajstić information content (AvgIpc) is 2.78. The zero-order chi connectivity index (χ0) is 23.0.